The first-order valence-electron chi connectivity index (χ1n) is 8.43. The summed E-state index contributed by atoms with van der Waals surface area (Å²) >= 11 is 0. The lowest BCUT2D eigenvalue weighted by Gasteiger charge is -2.13. The Bertz CT molecular complexity index is 941. The molecule has 0 spiro atoms. The first kappa shape index (κ1) is 18.2. The molecule has 27 heavy (non-hydrogen) atoms. The van der Waals surface area contributed by atoms with E-state index in [1.807, 2.05) is 32.9 Å². The van der Waals surface area contributed by atoms with Gasteiger partial charge >= 0.3 is 0 Å². The number of aryl methyl sites for hydroxylation is 3. The quantitative estimate of drug-likeness (QED) is 0.720. The highest BCUT2D eigenvalue weighted by Gasteiger charge is 2.11. The Morgan fingerprint density at radius 2 is 1.70 bits per heavy atom. The number of nitrogens with one attached hydrogen (secondary N) is 2. The van der Waals surface area contributed by atoms with Gasteiger partial charge in [-0.25, -0.2) is 4.68 Å². The van der Waals surface area contributed by atoms with E-state index in [0.717, 1.165) is 28.1 Å². The van der Waals surface area contributed by atoms with Crippen LogP contribution in [0.5, 0.6) is 0 Å². The fourth-order valence-corrected chi connectivity index (χ4v) is 2.87. The number of benzene rings is 2. The van der Waals surface area contributed by atoms with Crippen LogP contribution in [0.1, 0.15) is 27.0 Å². The molecule has 8 nitrogen and oxygen atoms in total. The Labute approximate surface area is 156 Å². The van der Waals surface area contributed by atoms with Crippen molar-refractivity contribution in [2.75, 3.05) is 11.9 Å². The van der Waals surface area contributed by atoms with Crippen molar-refractivity contribution in [3.05, 3.63) is 65.0 Å². The Hall–Kier alpha value is -3.55. The van der Waals surface area contributed by atoms with Gasteiger partial charge in [-0.1, -0.05) is 17.7 Å². The molecule has 0 saturated carbocycles. The van der Waals surface area contributed by atoms with E-state index >= 15 is 0 Å². The molecule has 8 heteroatoms. The summed E-state index contributed by atoms with van der Waals surface area (Å²) in [4.78, 5) is 24.4. The van der Waals surface area contributed by atoms with E-state index in [0.29, 0.717) is 5.56 Å². The van der Waals surface area contributed by atoms with Crippen molar-refractivity contribution < 1.29 is 9.59 Å². The number of carbonyl (C=O) groups excluding carboxylic acids is 2. The number of hydrogen-bond donors (Lipinski definition) is 2. The summed E-state index contributed by atoms with van der Waals surface area (Å²) < 4.78 is 1.49. The fourth-order valence-electron chi connectivity index (χ4n) is 2.87. The Balaban J connectivity index is 1.58. The van der Waals surface area contributed by atoms with Crippen LogP contribution in [-0.4, -0.2) is 38.6 Å². The van der Waals surface area contributed by atoms with Gasteiger partial charge in [-0.15, -0.1) is 5.10 Å². The number of tetrazole rings is 1. The minimum Gasteiger partial charge on any atom is -0.343 e. The molecular formula is C19H20N6O2. The van der Waals surface area contributed by atoms with Crippen LogP contribution in [0.3, 0.4) is 0 Å². The first-order valence-corrected chi connectivity index (χ1v) is 8.43. The van der Waals surface area contributed by atoms with Crippen molar-refractivity contribution in [1.29, 1.82) is 0 Å². The second-order valence-corrected chi connectivity index (χ2v) is 6.31. The molecule has 0 aliphatic heterocycles. The van der Waals surface area contributed by atoms with Gasteiger partial charge in [0, 0.05) is 11.3 Å². The van der Waals surface area contributed by atoms with Gasteiger partial charge in [0.15, 0.2) is 0 Å². The van der Waals surface area contributed by atoms with Crippen LogP contribution in [0.15, 0.2) is 42.7 Å². The summed E-state index contributed by atoms with van der Waals surface area (Å²) in [5.74, 6) is -0.602. The lowest BCUT2D eigenvalue weighted by molar-refractivity contribution is -0.115. The Morgan fingerprint density at radius 3 is 2.30 bits per heavy atom. The van der Waals surface area contributed by atoms with Gasteiger partial charge in [0.25, 0.3) is 5.91 Å². The smallest absolute Gasteiger partial charge is 0.251 e. The molecule has 138 valence electrons. The fraction of sp³-hybridized carbons (Fsp3) is 0.211. The lowest BCUT2D eigenvalue weighted by atomic mass is 10.1. The topological polar surface area (TPSA) is 102 Å². The third-order valence-corrected chi connectivity index (χ3v) is 4.09. The first-order chi connectivity index (χ1) is 12.9. The zero-order valence-corrected chi connectivity index (χ0v) is 15.4. The molecule has 2 amide bonds. The van der Waals surface area contributed by atoms with Crippen molar-refractivity contribution in [3.8, 4) is 5.69 Å². The number of nitrogens with zero attached hydrogens (tertiary/aromatic N) is 4. The molecule has 1 heterocycles. The van der Waals surface area contributed by atoms with Crippen LogP contribution >= 0.6 is 0 Å². The van der Waals surface area contributed by atoms with Gasteiger partial charge in [0.05, 0.1) is 12.2 Å². The summed E-state index contributed by atoms with van der Waals surface area (Å²) in [5.41, 5.74) is 5.09. The van der Waals surface area contributed by atoms with E-state index in [-0.39, 0.29) is 18.4 Å². The molecule has 0 bridgehead atoms. The molecule has 0 fully saturated rings. The van der Waals surface area contributed by atoms with Crippen LogP contribution in [0.25, 0.3) is 5.69 Å². The van der Waals surface area contributed by atoms with Gasteiger partial charge in [-0.3, -0.25) is 9.59 Å². The molecule has 0 aliphatic rings. The molecule has 3 aromatic rings. The van der Waals surface area contributed by atoms with Gasteiger partial charge in [0.1, 0.15) is 6.33 Å². The van der Waals surface area contributed by atoms with Crippen LogP contribution < -0.4 is 10.6 Å². The third-order valence-electron chi connectivity index (χ3n) is 4.09. The van der Waals surface area contributed by atoms with Gasteiger partial charge in [0.2, 0.25) is 5.91 Å². The molecule has 0 radical (unpaired) electrons. The molecule has 0 saturated heterocycles. The lowest BCUT2D eigenvalue weighted by Crippen LogP contribution is -2.33. The molecule has 0 aliphatic carbocycles. The predicted octanol–water partition coefficient (Wildman–Crippen LogP) is 1.96. The predicted molar refractivity (Wildman–Crippen MR) is 101 cm³/mol. The minimum atomic E-state index is -0.328. The number of carbonyl (C=O) groups is 2. The van der Waals surface area contributed by atoms with Gasteiger partial charge in [-0.05, 0) is 66.6 Å². The van der Waals surface area contributed by atoms with Crippen LogP contribution in [0.4, 0.5) is 5.69 Å². The van der Waals surface area contributed by atoms with Crippen molar-refractivity contribution in [1.82, 2.24) is 25.5 Å². The maximum atomic E-state index is 12.2. The molecule has 2 aromatic carbocycles. The normalized spacial score (nSPS) is 10.5. The van der Waals surface area contributed by atoms with Crippen molar-refractivity contribution in [3.63, 3.8) is 0 Å². The van der Waals surface area contributed by atoms with E-state index < -0.39 is 0 Å². The second-order valence-electron chi connectivity index (χ2n) is 6.31. The number of hydrogen-bond acceptors (Lipinski definition) is 5. The maximum absolute atomic E-state index is 12.2. The Kier molecular flexibility index (Phi) is 5.25. The minimum absolute atomic E-state index is 0.111. The Morgan fingerprint density at radius 1 is 1.04 bits per heavy atom. The largest absolute Gasteiger partial charge is 0.343 e. The summed E-state index contributed by atoms with van der Waals surface area (Å²) in [6.45, 7) is 5.79. The molecular weight excluding hydrogens is 344 g/mol. The number of amides is 2. The highest BCUT2D eigenvalue weighted by atomic mass is 16.2. The third kappa shape index (κ3) is 4.35. The van der Waals surface area contributed by atoms with E-state index in [9.17, 15) is 9.59 Å². The van der Waals surface area contributed by atoms with E-state index in [4.69, 9.17) is 0 Å². The molecule has 0 unspecified atom stereocenters. The molecule has 2 N–H and O–H groups in total. The van der Waals surface area contributed by atoms with Crippen LogP contribution in [-0.2, 0) is 4.79 Å². The van der Waals surface area contributed by atoms with E-state index in [1.165, 1.54) is 11.0 Å². The van der Waals surface area contributed by atoms with Crippen molar-refractivity contribution in [2.45, 2.75) is 20.8 Å². The monoisotopic (exact) mass is 364 g/mol. The SMILES string of the molecule is Cc1cc(C)c(NC(=O)CNC(=O)c2ccc(-n3cnnn3)cc2)c(C)c1. The highest BCUT2D eigenvalue weighted by molar-refractivity contribution is 5.99. The van der Waals surface area contributed by atoms with Crippen LogP contribution in [0.2, 0.25) is 0 Å². The zero-order valence-electron chi connectivity index (χ0n) is 15.4. The highest BCUT2D eigenvalue weighted by Crippen LogP contribution is 2.21. The summed E-state index contributed by atoms with van der Waals surface area (Å²) in [6, 6.07) is 10.8. The van der Waals surface area contributed by atoms with E-state index in [1.54, 1.807) is 24.3 Å². The number of rotatable bonds is 5. The molecule has 1 aromatic heterocycles. The maximum Gasteiger partial charge on any atom is 0.251 e. The summed E-state index contributed by atoms with van der Waals surface area (Å²) in [5, 5.41) is 16.4. The summed E-state index contributed by atoms with van der Waals surface area (Å²) in [7, 11) is 0. The molecule has 0 atom stereocenters. The number of anilines is 1. The average Bonchev–Trinajstić information content (AvgIpc) is 3.17. The van der Waals surface area contributed by atoms with Gasteiger partial charge < -0.3 is 10.6 Å². The average molecular weight is 364 g/mol. The van der Waals surface area contributed by atoms with Crippen molar-refractivity contribution >= 4 is 17.5 Å². The summed E-state index contributed by atoms with van der Waals surface area (Å²) in [6.07, 6.45) is 1.47. The zero-order chi connectivity index (χ0) is 19.4. The molecule has 3 rings (SSSR count). The van der Waals surface area contributed by atoms with Crippen molar-refractivity contribution in [2.24, 2.45) is 0 Å². The van der Waals surface area contributed by atoms with Crippen LogP contribution in [0, 0.1) is 20.8 Å². The van der Waals surface area contributed by atoms with E-state index in [2.05, 4.69) is 26.2 Å². The second kappa shape index (κ2) is 7.77. The standard InChI is InChI=1S/C19H20N6O2/c1-12-8-13(2)18(14(3)9-12)22-17(26)10-20-19(27)15-4-6-16(7-5-15)25-11-21-23-24-25/h4-9,11H,10H2,1-3H3,(H,20,27)(H,22,26). The number of aromatic nitrogens is 4. The van der Waals surface area contributed by atoms with Gasteiger partial charge in [-0.2, -0.15) is 0 Å².